The quantitative estimate of drug-likeness (QED) is 0.491. The average molecular weight is 400 g/mol. The molecule has 10 heteroatoms. The fourth-order valence-corrected chi connectivity index (χ4v) is 3.04. The van der Waals surface area contributed by atoms with Crippen LogP contribution in [0.5, 0.6) is 0 Å². The third-order valence-corrected chi connectivity index (χ3v) is 4.57. The standard InChI is InChI=1S/C17H25N5O4.ClH/c1-12-6-7-21(15(8-12)9-18)16(23)11-20-17(24)19-10-13-2-4-14(5-3-13)22(25)26;/h2-5,12,15H,6-11,18H2,1H3,(H2,19,20,24);1H. The third-order valence-electron chi connectivity index (χ3n) is 4.57. The number of carbonyl (C=O) groups excluding carboxylic acids is 2. The molecule has 1 saturated heterocycles. The topological polar surface area (TPSA) is 131 Å². The van der Waals surface area contributed by atoms with E-state index in [1.54, 1.807) is 17.0 Å². The highest BCUT2D eigenvalue weighted by Crippen LogP contribution is 2.21. The van der Waals surface area contributed by atoms with Crippen molar-refractivity contribution in [3.63, 3.8) is 0 Å². The highest BCUT2D eigenvalue weighted by atomic mass is 35.5. The molecule has 1 aliphatic rings. The van der Waals surface area contributed by atoms with Crippen LogP contribution in [0.1, 0.15) is 25.3 Å². The zero-order valence-electron chi connectivity index (χ0n) is 15.2. The Morgan fingerprint density at radius 3 is 2.56 bits per heavy atom. The second-order valence-corrected chi connectivity index (χ2v) is 6.57. The van der Waals surface area contributed by atoms with Gasteiger partial charge in [0.15, 0.2) is 0 Å². The number of likely N-dealkylation sites (tertiary alicyclic amines) is 1. The van der Waals surface area contributed by atoms with Crippen LogP contribution < -0.4 is 16.4 Å². The van der Waals surface area contributed by atoms with Gasteiger partial charge in [-0.1, -0.05) is 19.1 Å². The summed E-state index contributed by atoms with van der Waals surface area (Å²) in [4.78, 5) is 36.0. The SMILES string of the molecule is CC1CCN(C(=O)CNC(=O)NCc2ccc([N+](=O)[O-])cc2)C(CN)C1.Cl. The van der Waals surface area contributed by atoms with Crippen molar-refractivity contribution in [3.8, 4) is 0 Å². The van der Waals surface area contributed by atoms with Crippen LogP contribution >= 0.6 is 12.4 Å². The van der Waals surface area contributed by atoms with Crippen molar-refractivity contribution in [1.82, 2.24) is 15.5 Å². The first-order valence-electron chi connectivity index (χ1n) is 8.65. The number of rotatable bonds is 6. The zero-order chi connectivity index (χ0) is 19.1. The van der Waals surface area contributed by atoms with Crippen LogP contribution in [0, 0.1) is 16.0 Å². The van der Waals surface area contributed by atoms with E-state index in [0.29, 0.717) is 19.0 Å². The van der Waals surface area contributed by atoms with Gasteiger partial charge in [0.2, 0.25) is 5.91 Å². The number of urea groups is 1. The number of hydrogen-bond acceptors (Lipinski definition) is 5. The van der Waals surface area contributed by atoms with E-state index < -0.39 is 11.0 Å². The minimum absolute atomic E-state index is 0. The predicted octanol–water partition coefficient (Wildman–Crippen LogP) is 1.40. The van der Waals surface area contributed by atoms with Gasteiger partial charge in [-0.3, -0.25) is 14.9 Å². The van der Waals surface area contributed by atoms with Crippen LogP contribution in [0.15, 0.2) is 24.3 Å². The largest absolute Gasteiger partial charge is 0.337 e. The number of nitrogens with zero attached hydrogens (tertiary/aromatic N) is 2. The van der Waals surface area contributed by atoms with E-state index in [1.807, 2.05) is 0 Å². The average Bonchev–Trinajstić information content (AvgIpc) is 2.64. The number of hydrogen-bond donors (Lipinski definition) is 3. The zero-order valence-corrected chi connectivity index (χ0v) is 16.0. The van der Waals surface area contributed by atoms with Crippen molar-refractivity contribution in [2.24, 2.45) is 11.7 Å². The predicted molar refractivity (Wildman–Crippen MR) is 104 cm³/mol. The summed E-state index contributed by atoms with van der Waals surface area (Å²) < 4.78 is 0. The molecule has 0 radical (unpaired) electrons. The van der Waals surface area contributed by atoms with E-state index in [2.05, 4.69) is 17.6 Å². The Labute approximate surface area is 164 Å². The molecule has 150 valence electrons. The second-order valence-electron chi connectivity index (χ2n) is 6.57. The lowest BCUT2D eigenvalue weighted by Crippen LogP contribution is -2.52. The molecule has 2 rings (SSSR count). The maximum Gasteiger partial charge on any atom is 0.315 e. The van der Waals surface area contributed by atoms with Crippen LogP contribution in [0.3, 0.4) is 0 Å². The lowest BCUT2D eigenvalue weighted by atomic mass is 9.92. The summed E-state index contributed by atoms with van der Waals surface area (Å²) in [6.07, 6.45) is 1.82. The molecule has 1 aromatic rings. The maximum absolute atomic E-state index is 12.3. The number of carbonyl (C=O) groups is 2. The molecular weight excluding hydrogens is 374 g/mol. The molecule has 0 bridgehead atoms. The smallest absolute Gasteiger partial charge is 0.315 e. The van der Waals surface area contributed by atoms with E-state index in [1.165, 1.54) is 12.1 Å². The summed E-state index contributed by atoms with van der Waals surface area (Å²) in [5, 5.41) is 15.8. The number of halogens is 1. The summed E-state index contributed by atoms with van der Waals surface area (Å²) in [5.41, 5.74) is 6.48. The molecule has 0 spiro atoms. The molecule has 27 heavy (non-hydrogen) atoms. The summed E-state index contributed by atoms with van der Waals surface area (Å²) in [5.74, 6) is 0.406. The Bertz CT molecular complexity index is 655. The molecule has 1 heterocycles. The van der Waals surface area contributed by atoms with Gasteiger partial charge in [0.05, 0.1) is 11.5 Å². The third kappa shape index (κ3) is 6.69. The molecule has 1 fully saturated rings. The summed E-state index contributed by atoms with van der Waals surface area (Å²) in [6.45, 7) is 3.35. The van der Waals surface area contributed by atoms with Gasteiger partial charge in [0.1, 0.15) is 0 Å². The maximum atomic E-state index is 12.3. The summed E-state index contributed by atoms with van der Waals surface area (Å²) in [7, 11) is 0. The van der Waals surface area contributed by atoms with E-state index in [9.17, 15) is 19.7 Å². The van der Waals surface area contributed by atoms with Crippen molar-refractivity contribution in [1.29, 1.82) is 0 Å². The molecule has 2 unspecified atom stereocenters. The van der Waals surface area contributed by atoms with E-state index in [0.717, 1.165) is 18.4 Å². The summed E-state index contributed by atoms with van der Waals surface area (Å²) in [6, 6.07) is 5.46. The van der Waals surface area contributed by atoms with Crippen LogP contribution in [0.4, 0.5) is 10.5 Å². The Hall–Kier alpha value is -2.39. The van der Waals surface area contributed by atoms with Gasteiger partial charge >= 0.3 is 6.03 Å². The van der Waals surface area contributed by atoms with Crippen molar-refractivity contribution in [2.45, 2.75) is 32.4 Å². The van der Waals surface area contributed by atoms with Crippen molar-refractivity contribution < 1.29 is 14.5 Å². The lowest BCUT2D eigenvalue weighted by Gasteiger charge is -2.38. The molecule has 0 aromatic heterocycles. The number of amides is 3. The first-order chi connectivity index (χ1) is 12.4. The van der Waals surface area contributed by atoms with Gasteiger partial charge in [0, 0.05) is 37.8 Å². The number of nitrogens with one attached hydrogen (secondary N) is 2. The molecule has 4 N–H and O–H groups in total. The minimum atomic E-state index is -0.481. The van der Waals surface area contributed by atoms with E-state index in [4.69, 9.17) is 5.73 Å². The van der Waals surface area contributed by atoms with Crippen LogP contribution in [0.25, 0.3) is 0 Å². The number of nitro groups is 1. The number of benzene rings is 1. The lowest BCUT2D eigenvalue weighted by molar-refractivity contribution is -0.384. The monoisotopic (exact) mass is 399 g/mol. The molecule has 2 atom stereocenters. The second kappa shape index (κ2) is 10.7. The van der Waals surface area contributed by atoms with Gasteiger partial charge < -0.3 is 21.3 Å². The number of nitrogens with two attached hydrogens (primary N) is 1. The fraction of sp³-hybridized carbons (Fsp3) is 0.529. The van der Waals surface area contributed by atoms with Crippen LogP contribution in [-0.4, -0.2) is 47.4 Å². The van der Waals surface area contributed by atoms with Crippen LogP contribution in [0.2, 0.25) is 0 Å². The molecule has 0 aliphatic carbocycles. The normalized spacial score (nSPS) is 19.0. The molecule has 1 aromatic carbocycles. The van der Waals surface area contributed by atoms with Crippen molar-refractivity contribution >= 4 is 30.0 Å². The van der Waals surface area contributed by atoms with Crippen LogP contribution in [-0.2, 0) is 11.3 Å². The van der Waals surface area contributed by atoms with Crippen molar-refractivity contribution in [2.75, 3.05) is 19.6 Å². The van der Waals surface area contributed by atoms with Crippen molar-refractivity contribution in [3.05, 3.63) is 39.9 Å². The van der Waals surface area contributed by atoms with E-state index in [-0.39, 0.29) is 43.1 Å². The fourth-order valence-electron chi connectivity index (χ4n) is 3.04. The Morgan fingerprint density at radius 2 is 1.96 bits per heavy atom. The first-order valence-corrected chi connectivity index (χ1v) is 8.65. The molecule has 1 aliphatic heterocycles. The van der Waals surface area contributed by atoms with Gasteiger partial charge in [-0.05, 0) is 24.3 Å². The van der Waals surface area contributed by atoms with E-state index >= 15 is 0 Å². The van der Waals surface area contributed by atoms with Gasteiger partial charge in [-0.2, -0.15) is 0 Å². The minimum Gasteiger partial charge on any atom is -0.337 e. The highest BCUT2D eigenvalue weighted by molar-refractivity contribution is 5.85. The number of non-ortho nitro benzene ring substituents is 1. The molecular formula is C17H26ClN5O4. The Morgan fingerprint density at radius 1 is 1.30 bits per heavy atom. The number of piperidine rings is 1. The Kier molecular flexibility index (Phi) is 8.96. The van der Waals surface area contributed by atoms with Gasteiger partial charge in [-0.25, -0.2) is 4.79 Å². The first kappa shape index (κ1) is 22.7. The molecule has 9 nitrogen and oxygen atoms in total. The molecule has 3 amide bonds. The number of nitro benzene ring substituents is 1. The van der Waals surface area contributed by atoms with Gasteiger partial charge in [-0.15, -0.1) is 12.4 Å². The van der Waals surface area contributed by atoms with Gasteiger partial charge in [0.25, 0.3) is 5.69 Å². The Balaban J connectivity index is 0.00000364. The highest BCUT2D eigenvalue weighted by Gasteiger charge is 2.28. The molecule has 0 saturated carbocycles. The summed E-state index contributed by atoms with van der Waals surface area (Å²) >= 11 is 0.